The van der Waals surface area contributed by atoms with E-state index in [2.05, 4.69) is 29.1 Å². The SMILES string of the molecule is CCOc1ncnc2sc(C(=O)NCCC(C)C)c(C)c12. The molecule has 0 aliphatic carbocycles. The zero-order valence-corrected chi connectivity index (χ0v) is 13.7. The Morgan fingerprint density at radius 2 is 2.19 bits per heavy atom. The second-order valence-electron chi connectivity index (χ2n) is 5.29. The molecule has 0 unspecified atom stereocenters. The van der Waals surface area contributed by atoms with Crippen LogP contribution in [0.4, 0.5) is 0 Å². The van der Waals surface area contributed by atoms with Gasteiger partial charge >= 0.3 is 0 Å². The zero-order valence-electron chi connectivity index (χ0n) is 12.9. The lowest BCUT2D eigenvalue weighted by Crippen LogP contribution is -2.25. The van der Waals surface area contributed by atoms with Crippen LogP contribution in [0.15, 0.2) is 6.33 Å². The van der Waals surface area contributed by atoms with E-state index in [0.29, 0.717) is 29.8 Å². The van der Waals surface area contributed by atoms with Gasteiger partial charge in [0, 0.05) is 6.54 Å². The summed E-state index contributed by atoms with van der Waals surface area (Å²) < 4.78 is 5.53. The van der Waals surface area contributed by atoms with Crippen LogP contribution in [-0.2, 0) is 0 Å². The number of aryl methyl sites for hydroxylation is 1. The number of aromatic nitrogens is 2. The zero-order chi connectivity index (χ0) is 15.4. The Labute approximate surface area is 128 Å². The number of carbonyl (C=O) groups is 1. The Morgan fingerprint density at radius 1 is 1.43 bits per heavy atom. The molecule has 114 valence electrons. The highest BCUT2D eigenvalue weighted by atomic mass is 32.1. The molecule has 0 fully saturated rings. The molecule has 0 radical (unpaired) electrons. The quantitative estimate of drug-likeness (QED) is 0.890. The van der Waals surface area contributed by atoms with E-state index in [1.54, 1.807) is 0 Å². The molecule has 0 saturated heterocycles. The minimum Gasteiger partial charge on any atom is -0.477 e. The molecule has 5 nitrogen and oxygen atoms in total. The van der Waals surface area contributed by atoms with Crippen molar-refractivity contribution < 1.29 is 9.53 Å². The van der Waals surface area contributed by atoms with Crippen molar-refractivity contribution in [1.29, 1.82) is 0 Å². The third-order valence-electron chi connectivity index (χ3n) is 3.19. The standard InChI is InChI=1S/C15H21N3O2S/c1-5-20-14-11-10(4)12(21-15(11)18-8-17-14)13(19)16-7-6-9(2)3/h8-9H,5-7H2,1-4H3,(H,16,19). The van der Waals surface area contributed by atoms with Crippen LogP contribution in [0.25, 0.3) is 10.2 Å². The lowest BCUT2D eigenvalue weighted by atomic mass is 10.1. The number of fused-ring (bicyclic) bond motifs is 1. The summed E-state index contributed by atoms with van der Waals surface area (Å²) in [6, 6.07) is 0. The molecule has 2 rings (SSSR count). The Balaban J connectivity index is 2.26. The van der Waals surface area contributed by atoms with E-state index in [4.69, 9.17) is 4.74 Å². The summed E-state index contributed by atoms with van der Waals surface area (Å²) in [6.45, 7) is 9.34. The highest BCUT2D eigenvalue weighted by Gasteiger charge is 2.19. The van der Waals surface area contributed by atoms with E-state index in [-0.39, 0.29) is 5.91 Å². The largest absolute Gasteiger partial charge is 0.477 e. The second kappa shape index (κ2) is 6.85. The second-order valence-corrected chi connectivity index (χ2v) is 6.29. The first-order chi connectivity index (χ1) is 10.0. The van der Waals surface area contributed by atoms with Crippen LogP contribution in [0.5, 0.6) is 5.88 Å². The average molecular weight is 307 g/mol. The third kappa shape index (κ3) is 3.50. The van der Waals surface area contributed by atoms with Gasteiger partial charge in [-0.15, -0.1) is 11.3 Å². The Hall–Kier alpha value is -1.69. The summed E-state index contributed by atoms with van der Waals surface area (Å²) in [5, 5.41) is 3.81. The smallest absolute Gasteiger partial charge is 0.261 e. The van der Waals surface area contributed by atoms with Gasteiger partial charge in [-0.2, -0.15) is 0 Å². The molecule has 0 aromatic carbocycles. The van der Waals surface area contributed by atoms with Crippen LogP contribution in [0.1, 0.15) is 42.4 Å². The van der Waals surface area contributed by atoms with E-state index in [1.165, 1.54) is 17.7 Å². The first kappa shape index (κ1) is 15.7. The molecule has 0 atom stereocenters. The van der Waals surface area contributed by atoms with Crippen LogP contribution in [0.2, 0.25) is 0 Å². The number of carbonyl (C=O) groups excluding carboxylic acids is 1. The Morgan fingerprint density at radius 3 is 2.86 bits per heavy atom. The molecule has 1 amide bonds. The number of amides is 1. The van der Waals surface area contributed by atoms with Crippen LogP contribution < -0.4 is 10.1 Å². The van der Waals surface area contributed by atoms with Crippen molar-refractivity contribution in [2.24, 2.45) is 5.92 Å². The minimum absolute atomic E-state index is 0.0430. The highest BCUT2D eigenvalue weighted by molar-refractivity contribution is 7.20. The summed E-state index contributed by atoms with van der Waals surface area (Å²) in [5.41, 5.74) is 0.890. The van der Waals surface area contributed by atoms with E-state index in [9.17, 15) is 4.79 Å². The molecule has 0 bridgehead atoms. The first-order valence-corrected chi connectivity index (χ1v) is 8.01. The number of ether oxygens (including phenoxy) is 1. The van der Waals surface area contributed by atoms with Gasteiger partial charge in [0.05, 0.1) is 16.9 Å². The molecular weight excluding hydrogens is 286 g/mol. The molecule has 0 saturated carbocycles. The van der Waals surface area contributed by atoms with Crippen molar-refractivity contribution in [2.45, 2.75) is 34.1 Å². The van der Waals surface area contributed by atoms with Gasteiger partial charge < -0.3 is 10.1 Å². The molecule has 0 aliphatic rings. The van der Waals surface area contributed by atoms with Gasteiger partial charge in [-0.25, -0.2) is 9.97 Å². The summed E-state index contributed by atoms with van der Waals surface area (Å²) in [5.74, 6) is 1.08. The number of hydrogen-bond donors (Lipinski definition) is 1. The van der Waals surface area contributed by atoms with Crippen molar-refractivity contribution in [2.75, 3.05) is 13.2 Å². The maximum absolute atomic E-state index is 12.3. The number of nitrogens with zero attached hydrogens (tertiary/aromatic N) is 2. The molecular formula is C15H21N3O2S. The summed E-state index contributed by atoms with van der Waals surface area (Å²) in [6.07, 6.45) is 2.45. The predicted octanol–water partition coefficient (Wildman–Crippen LogP) is 3.17. The molecule has 2 heterocycles. The van der Waals surface area contributed by atoms with Crippen LogP contribution in [0.3, 0.4) is 0 Å². The molecule has 6 heteroatoms. The van der Waals surface area contributed by atoms with Gasteiger partial charge in [-0.05, 0) is 31.7 Å². The van der Waals surface area contributed by atoms with Crippen molar-refractivity contribution in [3.05, 3.63) is 16.8 Å². The van der Waals surface area contributed by atoms with Gasteiger partial charge in [0.2, 0.25) is 5.88 Å². The molecule has 2 aromatic rings. The van der Waals surface area contributed by atoms with Crippen LogP contribution in [0, 0.1) is 12.8 Å². The maximum atomic E-state index is 12.3. The van der Waals surface area contributed by atoms with Crippen molar-refractivity contribution in [3.8, 4) is 5.88 Å². The normalized spacial score (nSPS) is 11.1. The van der Waals surface area contributed by atoms with Gasteiger partial charge in [-0.1, -0.05) is 13.8 Å². The molecule has 2 aromatic heterocycles. The van der Waals surface area contributed by atoms with Crippen molar-refractivity contribution in [1.82, 2.24) is 15.3 Å². The molecule has 1 N–H and O–H groups in total. The Bertz CT molecular complexity index is 637. The van der Waals surface area contributed by atoms with E-state index in [0.717, 1.165) is 22.2 Å². The maximum Gasteiger partial charge on any atom is 0.261 e. The number of hydrogen-bond acceptors (Lipinski definition) is 5. The summed E-state index contributed by atoms with van der Waals surface area (Å²) in [4.78, 5) is 22.2. The summed E-state index contributed by atoms with van der Waals surface area (Å²) in [7, 11) is 0. The first-order valence-electron chi connectivity index (χ1n) is 7.19. The lowest BCUT2D eigenvalue weighted by Gasteiger charge is -2.06. The van der Waals surface area contributed by atoms with Gasteiger partial charge in [0.15, 0.2) is 0 Å². The number of nitrogens with one attached hydrogen (secondary N) is 1. The van der Waals surface area contributed by atoms with E-state index < -0.39 is 0 Å². The summed E-state index contributed by atoms with van der Waals surface area (Å²) >= 11 is 1.39. The predicted molar refractivity (Wildman–Crippen MR) is 85.1 cm³/mol. The lowest BCUT2D eigenvalue weighted by molar-refractivity contribution is 0.0955. The van der Waals surface area contributed by atoms with Gasteiger partial charge in [0.25, 0.3) is 5.91 Å². The molecule has 21 heavy (non-hydrogen) atoms. The van der Waals surface area contributed by atoms with E-state index in [1.807, 2.05) is 13.8 Å². The fraction of sp³-hybridized carbons (Fsp3) is 0.533. The molecule has 0 aliphatic heterocycles. The number of rotatable bonds is 6. The van der Waals surface area contributed by atoms with E-state index >= 15 is 0 Å². The molecule has 0 spiro atoms. The average Bonchev–Trinajstić information content (AvgIpc) is 2.77. The van der Waals surface area contributed by atoms with Gasteiger partial charge in [-0.3, -0.25) is 4.79 Å². The highest BCUT2D eigenvalue weighted by Crippen LogP contribution is 2.34. The third-order valence-corrected chi connectivity index (χ3v) is 4.39. The fourth-order valence-corrected chi connectivity index (χ4v) is 3.11. The topological polar surface area (TPSA) is 64.1 Å². The van der Waals surface area contributed by atoms with Crippen LogP contribution >= 0.6 is 11.3 Å². The monoisotopic (exact) mass is 307 g/mol. The Kier molecular flexibility index (Phi) is 5.12. The number of thiophene rings is 1. The van der Waals surface area contributed by atoms with Crippen LogP contribution in [-0.4, -0.2) is 29.0 Å². The minimum atomic E-state index is -0.0430. The van der Waals surface area contributed by atoms with Crippen molar-refractivity contribution >= 4 is 27.5 Å². The fourth-order valence-electron chi connectivity index (χ4n) is 2.06. The van der Waals surface area contributed by atoms with Crippen molar-refractivity contribution in [3.63, 3.8) is 0 Å². The van der Waals surface area contributed by atoms with Gasteiger partial charge in [0.1, 0.15) is 11.2 Å².